The smallest absolute Gasteiger partial charge is 0.0726 e. The maximum absolute atomic E-state index is 5.64. The Balaban J connectivity index is 1.69. The van der Waals surface area contributed by atoms with Crippen molar-refractivity contribution in [2.45, 2.75) is 45.4 Å². The fourth-order valence-electron chi connectivity index (χ4n) is 2.16. The molecule has 0 radical (unpaired) electrons. The maximum Gasteiger partial charge on any atom is 0.0726 e. The molecular weight excluding hydrogens is 202 g/mol. The van der Waals surface area contributed by atoms with Crippen molar-refractivity contribution < 1.29 is 4.74 Å². The standard InChI is InChI=1S/C12H21N3O/c1-10-5-6-14-15(10)8-7-13-11(2)12-4-3-9-16-12/h5-6,11-13H,3-4,7-9H2,1-2H3. The van der Waals surface area contributed by atoms with Gasteiger partial charge >= 0.3 is 0 Å². The van der Waals surface area contributed by atoms with Crippen molar-refractivity contribution in [3.8, 4) is 0 Å². The first-order valence-electron chi connectivity index (χ1n) is 6.11. The Morgan fingerprint density at radius 3 is 3.19 bits per heavy atom. The number of nitrogens with one attached hydrogen (secondary N) is 1. The van der Waals surface area contributed by atoms with Crippen LogP contribution in [0.2, 0.25) is 0 Å². The molecule has 4 nitrogen and oxygen atoms in total. The van der Waals surface area contributed by atoms with E-state index >= 15 is 0 Å². The van der Waals surface area contributed by atoms with Gasteiger partial charge in [-0.1, -0.05) is 0 Å². The van der Waals surface area contributed by atoms with Crippen molar-refractivity contribution >= 4 is 0 Å². The highest BCUT2D eigenvalue weighted by Gasteiger charge is 2.21. The van der Waals surface area contributed by atoms with Gasteiger partial charge in [0, 0.05) is 31.1 Å². The van der Waals surface area contributed by atoms with Crippen LogP contribution in [0.4, 0.5) is 0 Å². The summed E-state index contributed by atoms with van der Waals surface area (Å²) in [5.41, 5.74) is 1.21. The molecule has 1 aliphatic heterocycles. The molecule has 90 valence electrons. The number of aryl methyl sites for hydroxylation is 1. The van der Waals surface area contributed by atoms with Crippen molar-refractivity contribution in [3.05, 3.63) is 18.0 Å². The number of aromatic nitrogens is 2. The third kappa shape index (κ3) is 2.83. The van der Waals surface area contributed by atoms with Crippen LogP contribution in [0.15, 0.2) is 12.3 Å². The number of ether oxygens (including phenoxy) is 1. The van der Waals surface area contributed by atoms with E-state index < -0.39 is 0 Å². The van der Waals surface area contributed by atoms with Crippen molar-refractivity contribution in [2.75, 3.05) is 13.2 Å². The van der Waals surface area contributed by atoms with Gasteiger partial charge in [-0.25, -0.2) is 0 Å². The molecule has 0 saturated carbocycles. The largest absolute Gasteiger partial charge is 0.377 e. The number of rotatable bonds is 5. The minimum absolute atomic E-state index is 0.402. The van der Waals surface area contributed by atoms with E-state index in [-0.39, 0.29) is 0 Å². The molecular formula is C12H21N3O. The van der Waals surface area contributed by atoms with E-state index in [0.29, 0.717) is 12.1 Å². The third-order valence-corrected chi connectivity index (χ3v) is 3.24. The highest BCUT2D eigenvalue weighted by atomic mass is 16.5. The lowest BCUT2D eigenvalue weighted by molar-refractivity contribution is 0.0834. The lowest BCUT2D eigenvalue weighted by atomic mass is 10.1. The fourth-order valence-corrected chi connectivity index (χ4v) is 2.16. The average Bonchev–Trinajstić information content (AvgIpc) is 2.90. The van der Waals surface area contributed by atoms with Gasteiger partial charge in [0.2, 0.25) is 0 Å². The number of hydrogen-bond donors (Lipinski definition) is 1. The van der Waals surface area contributed by atoms with Crippen molar-refractivity contribution in [1.29, 1.82) is 0 Å². The molecule has 0 amide bonds. The van der Waals surface area contributed by atoms with E-state index in [4.69, 9.17) is 4.74 Å². The predicted molar refractivity (Wildman–Crippen MR) is 63.4 cm³/mol. The maximum atomic E-state index is 5.64. The summed E-state index contributed by atoms with van der Waals surface area (Å²) in [5, 5.41) is 7.76. The summed E-state index contributed by atoms with van der Waals surface area (Å²) in [5.74, 6) is 0. The lowest BCUT2D eigenvalue weighted by Crippen LogP contribution is -2.38. The molecule has 0 bridgehead atoms. The van der Waals surface area contributed by atoms with Gasteiger partial charge in [0.25, 0.3) is 0 Å². The van der Waals surface area contributed by atoms with Crippen LogP contribution < -0.4 is 5.32 Å². The predicted octanol–water partition coefficient (Wildman–Crippen LogP) is 1.35. The van der Waals surface area contributed by atoms with Crippen LogP contribution in [-0.4, -0.2) is 35.1 Å². The lowest BCUT2D eigenvalue weighted by Gasteiger charge is -2.20. The molecule has 1 aromatic rings. The minimum Gasteiger partial charge on any atom is -0.377 e. The summed E-state index contributed by atoms with van der Waals surface area (Å²) in [6.07, 6.45) is 4.64. The molecule has 0 aromatic carbocycles. The zero-order valence-corrected chi connectivity index (χ0v) is 10.1. The summed E-state index contributed by atoms with van der Waals surface area (Å²) < 4.78 is 7.66. The van der Waals surface area contributed by atoms with E-state index in [1.54, 1.807) is 0 Å². The van der Waals surface area contributed by atoms with Crippen molar-refractivity contribution in [3.63, 3.8) is 0 Å². The minimum atomic E-state index is 0.402. The van der Waals surface area contributed by atoms with E-state index in [9.17, 15) is 0 Å². The third-order valence-electron chi connectivity index (χ3n) is 3.24. The molecule has 2 atom stereocenters. The number of nitrogens with zero attached hydrogens (tertiary/aromatic N) is 2. The summed E-state index contributed by atoms with van der Waals surface area (Å²) in [4.78, 5) is 0. The Morgan fingerprint density at radius 1 is 1.69 bits per heavy atom. The van der Waals surface area contributed by atoms with Gasteiger partial charge < -0.3 is 10.1 Å². The molecule has 1 aliphatic rings. The molecule has 1 fully saturated rings. The monoisotopic (exact) mass is 223 g/mol. The van der Waals surface area contributed by atoms with Crippen LogP contribution in [0.3, 0.4) is 0 Å². The first-order valence-corrected chi connectivity index (χ1v) is 6.11. The fraction of sp³-hybridized carbons (Fsp3) is 0.750. The van der Waals surface area contributed by atoms with Gasteiger partial charge in [-0.15, -0.1) is 0 Å². The average molecular weight is 223 g/mol. The highest BCUT2D eigenvalue weighted by molar-refractivity contribution is 4.96. The normalized spacial score (nSPS) is 22.5. The summed E-state index contributed by atoms with van der Waals surface area (Å²) in [6.45, 7) is 7.08. The Morgan fingerprint density at radius 2 is 2.56 bits per heavy atom. The quantitative estimate of drug-likeness (QED) is 0.819. The second-order valence-electron chi connectivity index (χ2n) is 4.49. The Hall–Kier alpha value is -0.870. The molecule has 1 N–H and O–H groups in total. The van der Waals surface area contributed by atoms with Crippen LogP contribution >= 0.6 is 0 Å². The van der Waals surface area contributed by atoms with E-state index in [2.05, 4.69) is 24.3 Å². The molecule has 2 rings (SSSR count). The van der Waals surface area contributed by atoms with E-state index in [0.717, 1.165) is 19.7 Å². The molecule has 4 heteroatoms. The van der Waals surface area contributed by atoms with Crippen LogP contribution in [0.25, 0.3) is 0 Å². The van der Waals surface area contributed by atoms with E-state index in [1.807, 2.05) is 16.9 Å². The molecule has 0 aliphatic carbocycles. The SMILES string of the molecule is Cc1ccnn1CCNC(C)C1CCCO1. The molecule has 0 spiro atoms. The van der Waals surface area contributed by atoms with Gasteiger partial charge in [-0.2, -0.15) is 5.10 Å². The highest BCUT2D eigenvalue weighted by Crippen LogP contribution is 2.15. The van der Waals surface area contributed by atoms with Gasteiger partial charge in [-0.3, -0.25) is 4.68 Å². The van der Waals surface area contributed by atoms with Gasteiger partial charge in [-0.05, 0) is 32.8 Å². The molecule has 1 aromatic heterocycles. The van der Waals surface area contributed by atoms with Crippen LogP contribution in [0.5, 0.6) is 0 Å². The van der Waals surface area contributed by atoms with Crippen LogP contribution in [-0.2, 0) is 11.3 Å². The summed E-state index contributed by atoms with van der Waals surface area (Å²) >= 11 is 0. The first-order chi connectivity index (χ1) is 7.77. The molecule has 2 heterocycles. The van der Waals surface area contributed by atoms with Crippen molar-refractivity contribution in [1.82, 2.24) is 15.1 Å². The Bertz CT molecular complexity index is 318. The Labute approximate surface area is 97.0 Å². The van der Waals surface area contributed by atoms with Crippen LogP contribution in [0.1, 0.15) is 25.5 Å². The second-order valence-corrected chi connectivity index (χ2v) is 4.49. The summed E-state index contributed by atoms with van der Waals surface area (Å²) in [6, 6.07) is 2.47. The first kappa shape index (κ1) is 11.6. The van der Waals surface area contributed by atoms with Gasteiger partial charge in [0.15, 0.2) is 0 Å². The second kappa shape index (κ2) is 5.46. The zero-order valence-electron chi connectivity index (χ0n) is 10.1. The Kier molecular flexibility index (Phi) is 3.96. The topological polar surface area (TPSA) is 39.1 Å². The van der Waals surface area contributed by atoms with Crippen LogP contribution in [0, 0.1) is 6.92 Å². The zero-order chi connectivity index (χ0) is 11.4. The summed E-state index contributed by atoms with van der Waals surface area (Å²) in [7, 11) is 0. The molecule has 16 heavy (non-hydrogen) atoms. The molecule has 1 saturated heterocycles. The van der Waals surface area contributed by atoms with Gasteiger partial charge in [0.05, 0.1) is 12.6 Å². The number of hydrogen-bond acceptors (Lipinski definition) is 3. The van der Waals surface area contributed by atoms with Crippen molar-refractivity contribution in [2.24, 2.45) is 0 Å². The van der Waals surface area contributed by atoms with Gasteiger partial charge in [0.1, 0.15) is 0 Å². The molecule has 2 unspecified atom stereocenters. The van der Waals surface area contributed by atoms with E-state index in [1.165, 1.54) is 18.5 Å².